The van der Waals surface area contributed by atoms with E-state index >= 15 is 0 Å². The second-order valence-corrected chi connectivity index (χ2v) is 10.6. The molecule has 1 aliphatic carbocycles. The maximum atomic E-state index is 12.8. The number of hydrogen-bond donors (Lipinski definition) is 0. The Labute approximate surface area is 177 Å². The molecule has 1 aromatic heterocycles. The molecule has 2 aromatic rings. The van der Waals surface area contributed by atoms with E-state index in [1.54, 1.807) is 4.90 Å². The van der Waals surface area contributed by atoms with E-state index in [2.05, 4.69) is 0 Å². The van der Waals surface area contributed by atoms with Crippen molar-refractivity contribution in [3.05, 3.63) is 51.2 Å². The number of rotatable bonds is 3. The van der Waals surface area contributed by atoms with Gasteiger partial charge in [0.25, 0.3) is 5.91 Å². The zero-order valence-electron chi connectivity index (χ0n) is 16.1. The van der Waals surface area contributed by atoms with Crippen molar-refractivity contribution >= 4 is 27.3 Å². The number of thiophene rings is 1. The number of nitrogens with zero attached hydrogens (tertiary/aromatic N) is 2. The van der Waals surface area contributed by atoms with Crippen molar-refractivity contribution in [1.82, 2.24) is 9.21 Å². The van der Waals surface area contributed by atoms with E-state index in [1.165, 1.54) is 26.1 Å². The molecule has 1 saturated heterocycles. The SMILES string of the molecule is O=C(c1cc2c(s1)CCCC2)N1CCN(S(=O)(=O)c2ccc(C(F)(F)F)cc2)CC1. The minimum Gasteiger partial charge on any atom is -0.335 e. The smallest absolute Gasteiger partial charge is 0.335 e. The summed E-state index contributed by atoms with van der Waals surface area (Å²) in [4.78, 5) is 16.3. The third-order valence-electron chi connectivity index (χ3n) is 5.55. The molecule has 1 aliphatic heterocycles. The number of carbonyl (C=O) groups is 1. The van der Waals surface area contributed by atoms with Gasteiger partial charge in [-0.15, -0.1) is 11.3 Å². The largest absolute Gasteiger partial charge is 0.416 e. The van der Waals surface area contributed by atoms with E-state index in [4.69, 9.17) is 0 Å². The van der Waals surface area contributed by atoms with E-state index in [0.29, 0.717) is 4.88 Å². The molecule has 0 radical (unpaired) electrons. The van der Waals surface area contributed by atoms with Crippen LogP contribution in [0.25, 0.3) is 0 Å². The van der Waals surface area contributed by atoms with Gasteiger partial charge in [-0.1, -0.05) is 0 Å². The molecule has 0 unspecified atom stereocenters. The molecule has 10 heteroatoms. The van der Waals surface area contributed by atoms with Crippen molar-refractivity contribution in [2.45, 2.75) is 36.8 Å². The Balaban J connectivity index is 1.42. The topological polar surface area (TPSA) is 57.7 Å². The number of aryl methyl sites for hydroxylation is 2. The Morgan fingerprint density at radius 1 is 0.967 bits per heavy atom. The summed E-state index contributed by atoms with van der Waals surface area (Å²) in [6, 6.07) is 5.46. The third kappa shape index (κ3) is 4.13. The molecular weight excluding hydrogens is 437 g/mol. The highest BCUT2D eigenvalue weighted by molar-refractivity contribution is 7.89. The number of halogens is 3. The van der Waals surface area contributed by atoms with Crippen molar-refractivity contribution in [3.8, 4) is 0 Å². The number of benzene rings is 1. The molecule has 0 saturated carbocycles. The van der Waals surface area contributed by atoms with Crippen LogP contribution in [0.4, 0.5) is 13.2 Å². The average molecular weight is 459 g/mol. The lowest BCUT2D eigenvalue weighted by Crippen LogP contribution is -2.50. The molecule has 30 heavy (non-hydrogen) atoms. The first-order valence-electron chi connectivity index (χ1n) is 9.74. The van der Waals surface area contributed by atoms with Crippen LogP contribution in [0.15, 0.2) is 35.2 Å². The van der Waals surface area contributed by atoms with Gasteiger partial charge in [0.1, 0.15) is 0 Å². The molecule has 0 spiro atoms. The van der Waals surface area contributed by atoms with Crippen molar-refractivity contribution in [2.75, 3.05) is 26.2 Å². The molecule has 162 valence electrons. The van der Waals surface area contributed by atoms with E-state index < -0.39 is 21.8 Å². The standard InChI is InChI=1S/C20H21F3N2O3S2/c21-20(22,23)15-5-7-16(8-6-15)30(27,28)25-11-9-24(10-12-25)19(26)18-13-14-3-1-2-4-17(14)29-18/h5-8,13H,1-4,9-12H2. The first kappa shape index (κ1) is 21.3. The Hall–Kier alpha value is -1.91. The Kier molecular flexibility index (Phi) is 5.67. The van der Waals surface area contributed by atoms with Crippen molar-refractivity contribution in [2.24, 2.45) is 0 Å². The van der Waals surface area contributed by atoms with Gasteiger partial charge >= 0.3 is 6.18 Å². The molecule has 4 rings (SSSR count). The summed E-state index contributed by atoms with van der Waals surface area (Å²) < 4.78 is 64.9. The molecule has 1 amide bonds. The number of sulfonamides is 1. The van der Waals surface area contributed by atoms with E-state index in [0.717, 1.165) is 49.9 Å². The Bertz CT molecular complexity index is 1010. The molecular formula is C20H21F3N2O3S2. The third-order valence-corrected chi connectivity index (χ3v) is 8.69. The number of carbonyl (C=O) groups excluding carboxylic acids is 1. The van der Waals surface area contributed by atoms with Crippen LogP contribution in [-0.4, -0.2) is 49.7 Å². The van der Waals surface area contributed by atoms with Gasteiger partial charge in [-0.05, 0) is 61.6 Å². The predicted molar refractivity (Wildman–Crippen MR) is 107 cm³/mol. The Morgan fingerprint density at radius 3 is 2.20 bits per heavy atom. The zero-order chi connectivity index (χ0) is 21.5. The highest BCUT2D eigenvalue weighted by atomic mass is 32.2. The summed E-state index contributed by atoms with van der Waals surface area (Å²) in [6.07, 6.45) is -0.237. The maximum absolute atomic E-state index is 12.8. The quantitative estimate of drug-likeness (QED) is 0.703. The highest BCUT2D eigenvalue weighted by Crippen LogP contribution is 2.32. The normalized spacial score (nSPS) is 18.3. The van der Waals surface area contributed by atoms with Gasteiger partial charge in [-0.25, -0.2) is 8.42 Å². The molecule has 1 aromatic carbocycles. The number of alkyl halides is 3. The first-order valence-corrected chi connectivity index (χ1v) is 12.0. The van der Waals surface area contributed by atoms with Crippen LogP contribution >= 0.6 is 11.3 Å². The summed E-state index contributed by atoms with van der Waals surface area (Å²) >= 11 is 1.53. The van der Waals surface area contributed by atoms with Crippen LogP contribution < -0.4 is 0 Å². The van der Waals surface area contributed by atoms with E-state index in [9.17, 15) is 26.4 Å². The predicted octanol–water partition coefficient (Wildman–Crippen LogP) is 3.79. The van der Waals surface area contributed by atoms with E-state index in [1.807, 2.05) is 6.07 Å². The van der Waals surface area contributed by atoms with Gasteiger partial charge in [0, 0.05) is 31.1 Å². The summed E-state index contributed by atoms with van der Waals surface area (Å²) in [5.41, 5.74) is 0.355. The highest BCUT2D eigenvalue weighted by Gasteiger charge is 2.33. The number of amides is 1. The van der Waals surface area contributed by atoms with Crippen LogP contribution in [0, 0.1) is 0 Å². The van der Waals surface area contributed by atoms with Crippen LogP contribution in [0.5, 0.6) is 0 Å². The lowest BCUT2D eigenvalue weighted by atomic mass is 9.99. The molecule has 0 atom stereocenters. The fourth-order valence-corrected chi connectivity index (χ4v) is 6.49. The molecule has 5 nitrogen and oxygen atoms in total. The maximum Gasteiger partial charge on any atom is 0.416 e. The van der Waals surface area contributed by atoms with E-state index in [-0.39, 0.29) is 37.0 Å². The second kappa shape index (κ2) is 7.97. The first-order chi connectivity index (χ1) is 14.2. The molecule has 2 heterocycles. The fourth-order valence-electron chi connectivity index (χ4n) is 3.85. The van der Waals surface area contributed by atoms with Crippen LogP contribution in [-0.2, 0) is 29.0 Å². The van der Waals surface area contributed by atoms with Crippen LogP contribution in [0.3, 0.4) is 0 Å². The molecule has 0 bridgehead atoms. The number of piperazine rings is 1. The van der Waals surface area contributed by atoms with Gasteiger partial charge in [-0.3, -0.25) is 4.79 Å². The molecule has 1 fully saturated rings. The summed E-state index contributed by atoms with van der Waals surface area (Å²) in [5.74, 6) is -0.0824. The summed E-state index contributed by atoms with van der Waals surface area (Å²) in [6.45, 7) is 0.725. The summed E-state index contributed by atoms with van der Waals surface area (Å²) in [5, 5.41) is 0. The zero-order valence-corrected chi connectivity index (χ0v) is 17.7. The average Bonchev–Trinajstić information content (AvgIpc) is 3.17. The van der Waals surface area contributed by atoms with Gasteiger partial charge in [0.15, 0.2) is 0 Å². The minimum absolute atomic E-state index is 0.0824. The number of hydrogen-bond acceptors (Lipinski definition) is 4. The van der Waals surface area contributed by atoms with Crippen molar-refractivity contribution < 1.29 is 26.4 Å². The monoisotopic (exact) mass is 458 g/mol. The lowest BCUT2D eigenvalue weighted by Gasteiger charge is -2.33. The van der Waals surface area contributed by atoms with Gasteiger partial charge in [-0.2, -0.15) is 17.5 Å². The molecule has 2 aliphatic rings. The molecule has 0 N–H and O–H groups in total. The van der Waals surface area contributed by atoms with Gasteiger partial charge < -0.3 is 4.90 Å². The van der Waals surface area contributed by atoms with Gasteiger partial charge in [0.05, 0.1) is 15.3 Å². The second-order valence-electron chi connectivity index (χ2n) is 7.48. The summed E-state index contributed by atoms with van der Waals surface area (Å²) in [7, 11) is -3.91. The minimum atomic E-state index is -4.52. The lowest BCUT2D eigenvalue weighted by molar-refractivity contribution is -0.137. The van der Waals surface area contributed by atoms with Crippen LogP contribution in [0.1, 0.15) is 38.5 Å². The number of fused-ring (bicyclic) bond motifs is 1. The fraction of sp³-hybridized carbons (Fsp3) is 0.450. The van der Waals surface area contributed by atoms with Gasteiger partial charge in [0.2, 0.25) is 10.0 Å². The Morgan fingerprint density at radius 2 is 1.60 bits per heavy atom. The van der Waals surface area contributed by atoms with Crippen LogP contribution in [0.2, 0.25) is 0 Å². The van der Waals surface area contributed by atoms with Crippen molar-refractivity contribution in [1.29, 1.82) is 0 Å². The van der Waals surface area contributed by atoms with Crippen molar-refractivity contribution in [3.63, 3.8) is 0 Å².